The van der Waals surface area contributed by atoms with Crippen molar-refractivity contribution in [2.45, 2.75) is 77.8 Å². The van der Waals surface area contributed by atoms with Gasteiger partial charge in [-0.3, -0.25) is 0 Å². The van der Waals surface area contributed by atoms with Crippen molar-refractivity contribution in [1.29, 1.82) is 0 Å². The molecule has 0 unspecified atom stereocenters. The summed E-state index contributed by atoms with van der Waals surface area (Å²) in [7, 11) is 0. The quantitative estimate of drug-likeness (QED) is 0.421. The van der Waals surface area contributed by atoms with Crippen LogP contribution in [0, 0.1) is 23.2 Å². The Morgan fingerprint density at radius 3 is 2.19 bits per heavy atom. The second-order valence-corrected chi connectivity index (χ2v) is 15.9. The minimum atomic E-state index is -2.23. The Kier molecular flexibility index (Phi) is 7.59. The molecule has 2 saturated carbocycles. The van der Waals surface area contributed by atoms with Crippen molar-refractivity contribution in [2.24, 2.45) is 23.2 Å². The number of carbonyl (C=O) groups is 3. The van der Waals surface area contributed by atoms with E-state index in [4.69, 9.17) is 4.74 Å². The zero-order chi connectivity index (χ0) is 22.9. The Labute approximate surface area is 193 Å². The van der Waals surface area contributed by atoms with Crippen molar-refractivity contribution >= 4 is 43.8 Å². The zero-order valence-electron chi connectivity index (χ0n) is 19.7. The van der Waals surface area contributed by atoms with Gasteiger partial charge in [-0.15, -0.1) is 0 Å². The molecule has 0 heterocycles. The third-order valence-corrected chi connectivity index (χ3v) is 12.6. The summed E-state index contributed by atoms with van der Waals surface area (Å²) in [4.78, 5) is 40.2. The summed E-state index contributed by atoms with van der Waals surface area (Å²) < 4.78 is 7.57. The Morgan fingerprint density at radius 1 is 1.06 bits per heavy atom. The Morgan fingerprint density at radius 2 is 1.65 bits per heavy atom. The topological polar surface area (TPSA) is 60.4 Å². The van der Waals surface area contributed by atoms with Crippen molar-refractivity contribution in [1.82, 2.24) is 0 Å². The van der Waals surface area contributed by atoms with Crippen molar-refractivity contribution < 1.29 is 19.1 Å². The van der Waals surface area contributed by atoms with E-state index in [-0.39, 0.29) is 29.1 Å². The molecule has 0 bridgehead atoms. The first-order chi connectivity index (χ1) is 14.5. The zero-order valence-corrected chi connectivity index (χ0v) is 22.0. The standard InChI is InChI=1S/C26H36O4Te/c1-16(2)20-12-7-17(3)13-23(20)30-25(29)18-8-10-19(11-9-18)31(6)24-21(27)14-26(4,5)15-22(24)28/h8-11,16-17,20,23H,7,12-15H2,1-6H3/t17-,20+,23-/m1/s1. The van der Waals surface area contributed by atoms with E-state index in [2.05, 4.69) is 25.7 Å². The number of benzene rings is 1. The van der Waals surface area contributed by atoms with E-state index in [9.17, 15) is 14.4 Å². The summed E-state index contributed by atoms with van der Waals surface area (Å²) in [5, 5.41) is 0. The van der Waals surface area contributed by atoms with E-state index in [0.29, 0.717) is 39.7 Å². The third-order valence-electron chi connectivity index (χ3n) is 6.75. The van der Waals surface area contributed by atoms with Crippen LogP contribution in [0.15, 0.2) is 24.3 Å². The van der Waals surface area contributed by atoms with Crippen LogP contribution in [0.1, 0.15) is 77.1 Å². The van der Waals surface area contributed by atoms with Crippen molar-refractivity contribution in [2.75, 3.05) is 0 Å². The van der Waals surface area contributed by atoms with Gasteiger partial charge in [-0.05, 0) is 0 Å². The second kappa shape index (κ2) is 9.67. The Bertz CT molecular complexity index is 872. The van der Waals surface area contributed by atoms with Gasteiger partial charge in [-0.1, -0.05) is 0 Å². The molecule has 0 amide bonds. The number of carbonyl (C=O) groups excluding carboxylic acids is 3. The van der Waals surface area contributed by atoms with Crippen LogP contribution in [-0.4, -0.2) is 46.3 Å². The van der Waals surface area contributed by atoms with E-state index < -0.39 is 19.1 Å². The third kappa shape index (κ3) is 5.74. The van der Waals surface area contributed by atoms with Gasteiger partial charge in [0.25, 0.3) is 0 Å². The van der Waals surface area contributed by atoms with Crippen LogP contribution in [0.3, 0.4) is 0 Å². The first-order valence-corrected chi connectivity index (χ1v) is 16.0. The molecule has 0 N–H and O–H groups in total. The molecule has 5 heteroatoms. The fourth-order valence-corrected chi connectivity index (χ4v) is 9.55. The predicted molar refractivity (Wildman–Crippen MR) is 126 cm³/mol. The van der Waals surface area contributed by atoms with Gasteiger partial charge in [0.15, 0.2) is 0 Å². The van der Waals surface area contributed by atoms with Gasteiger partial charge in [-0.25, -0.2) is 0 Å². The number of esters is 1. The molecule has 0 aliphatic heterocycles. The van der Waals surface area contributed by atoms with Crippen LogP contribution in [0.4, 0.5) is 0 Å². The molecule has 2 fully saturated rings. The molecule has 0 spiro atoms. The maximum atomic E-state index is 12.8. The molecule has 1 aromatic rings. The molecule has 0 aromatic heterocycles. The van der Waals surface area contributed by atoms with Crippen molar-refractivity contribution in [3.05, 3.63) is 29.8 Å². The van der Waals surface area contributed by atoms with E-state index in [1.54, 1.807) is 12.1 Å². The van der Waals surface area contributed by atoms with E-state index in [1.807, 2.05) is 26.0 Å². The molecule has 3 rings (SSSR count). The van der Waals surface area contributed by atoms with Crippen molar-refractivity contribution in [3.8, 4) is 0 Å². The average Bonchev–Trinajstić information content (AvgIpc) is 2.66. The molecule has 2 aliphatic rings. The summed E-state index contributed by atoms with van der Waals surface area (Å²) >= 11 is -2.23. The van der Waals surface area contributed by atoms with Gasteiger partial charge in [0.05, 0.1) is 0 Å². The molecule has 3 atom stereocenters. The van der Waals surface area contributed by atoms with Crippen molar-refractivity contribution in [3.63, 3.8) is 0 Å². The predicted octanol–water partition coefficient (Wildman–Crippen LogP) is 4.35. The van der Waals surface area contributed by atoms with E-state index in [1.165, 1.54) is 6.42 Å². The van der Waals surface area contributed by atoms with Crippen LogP contribution in [0.25, 0.3) is 0 Å². The van der Waals surface area contributed by atoms with E-state index >= 15 is 0 Å². The fourth-order valence-electron chi connectivity index (χ4n) is 4.96. The van der Waals surface area contributed by atoms with Crippen LogP contribution in [-0.2, 0) is 14.3 Å². The van der Waals surface area contributed by atoms with Crippen LogP contribution >= 0.6 is 0 Å². The molecule has 0 saturated heterocycles. The number of hydrogen-bond donors (Lipinski definition) is 0. The molecule has 170 valence electrons. The van der Waals surface area contributed by atoms with Gasteiger partial charge in [0, 0.05) is 0 Å². The Hall–Kier alpha value is -1.31. The number of ketones is 2. The summed E-state index contributed by atoms with van der Waals surface area (Å²) in [5.74, 6) is 1.26. The van der Waals surface area contributed by atoms with Gasteiger partial charge in [-0.2, -0.15) is 0 Å². The molecular formula is C26H36O4Te. The van der Waals surface area contributed by atoms with Crippen LogP contribution in [0.2, 0.25) is 4.97 Å². The summed E-state index contributed by atoms with van der Waals surface area (Å²) in [6.45, 7) is 10.6. The molecule has 2 aliphatic carbocycles. The van der Waals surface area contributed by atoms with Gasteiger partial charge >= 0.3 is 194 Å². The number of Topliss-reactive ketones (excluding diaryl/α,β-unsaturated/α-hetero) is 2. The summed E-state index contributed by atoms with van der Waals surface area (Å²) in [5.41, 5.74) is 0.304. The minimum absolute atomic E-state index is 0.0231. The van der Waals surface area contributed by atoms with Gasteiger partial charge in [0.2, 0.25) is 0 Å². The number of ether oxygens (including phenoxy) is 1. The normalized spacial score (nSPS) is 26.5. The molecule has 4 nitrogen and oxygen atoms in total. The molecule has 31 heavy (non-hydrogen) atoms. The Balaban J connectivity index is 1.76. The number of hydrogen-bond acceptors (Lipinski definition) is 4. The molecule has 1 aromatic carbocycles. The van der Waals surface area contributed by atoms with E-state index in [0.717, 1.165) is 16.5 Å². The van der Waals surface area contributed by atoms with Crippen LogP contribution in [0.5, 0.6) is 0 Å². The second-order valence-electron chi connectivity index (χ2n) is 10.5. The summed E-state index contributed by atoms with van der Waals surface area (Å²) in [6, 6.07) is 7.44. The first-order valence-electron chi connectivity index (χ1n) is 11.4. The maximum absolute atomic E-state index is 12.8. The van der Waals surface area contributed by atoms with Gasteiger partial charge in [0.1, 0.15) is 0 Å². The molecular weight excluding hydrogens is 504 g/mol. The SMILES string of the molecule is CC(C)[C@@H]1CC[C@@H](C)C[C@H]1OC(=O)c1ccc([Te](C)=C2C(=O)CC(C)(C)CC2=O)cc1. The first kappa shape index (κ1) is 24.3. The summed E-state index contributed by atoms with van der Waals surface area (Å²) in [6.07, 6.45) is 4.10. The molecule has 0 radical (unpaired) electrons. The fraction of sp³-hybridized carbons (Fsp3) is 0.615. The van der Waals surface area contributed by atoms with Gasteiger partial charge < -0.3 is 0 Å². The monoisotopic (exact) mass is 542 g/mol. The average molecular weight is 540 g/mol. The van der Waals surface area contributed by atoms with Crippen LogP contribution < -0.4 is 3.61 Å². The number of rotatable bonds is 4.